The van der Waals surface area contributed by atoms with Crippen molar-refractivity contribution in [1.29, 1.82) is 0 Å². The maximum Gasteiger partial charge on any atom is 0.150 e. The maximum absolute atomic E-state index is 10.4. The number of anilines is 1. The van der Waals surface area contributed by atoms with Gasteiger partial charge in [0.1, 0.15) is 6.29 Å². The Bertz CT molecular complexity index is 302. The highest BCUT2D eigenvalue weighted by Gasteiger charge is 2.06. The number of carbonyl (C=O) groups excluding carboxylic acids is 1. The van der Waals surface area contributed by atoms with E-state index in [1.807, 2.05) is 6.92 Å². The molecular weight excluding hydrogens is 209 g/mol. The minimum absolute atomic E-state index is 0.469. The Hall–Kier alpha value is -0.730. The topological polar surface area (TPSA) is 29.1 Å². The molecule has 0 aliphatic heterocycles. The molecule has 0 atom stereocenters. The number of rotatable bonds is 3. The molecule has 0 aliphatic carbocycles. The Balaban J connectivity index is 3.14. The van der Waals surface area contributed by atoms with E-state index in [1.165, 1.54) is 0 Å². The molecule has 0 aromatic heterocycles. The summed E-state index contributed by atoms with van der Waals surface area (Å²) in [7, 11) is 0. The van der Waals surface area contributed by atoms with Crippen LogP contribution in [0.15, 0.2) is 12.1 Å². The number of halogens is 2. The Kier molecular flexibility index (Phi) is 3.58. The van der Waals surface area contributed by atoms with E-state index in [9.17, 15) is 4.79 Å². The molecule has 0 radical (unpaired) electrons. The van der Waals surface area contributed by atoms with Gasteiger partial charge in [0.15, 0.2) is 0 Å². The van der Waals surface area contributed by atoms with Gasteiger partial charge in [-0.2, -0.15) is 0 Å². The lowest BCUT2D eigenvalue weighted by molar-refractivity contribution is 0.112. The first kappa shape index (κ1) is 10.4. The number of hydrogen-bond acceptors (Lipinski definition) is 2. The second-order valence-corrected chi connectivity index (χ2v) is 3.32. The van der Waals surface area contributed by atoms with Crippen LogP contribution in [0.4, 0.5) is 5.69 Å². The lowest BCUT2D eigenvalue weighted by Gasteiger charge is -2.08. The van der Waals surface area contributed by atoms with E-state index in [1.54, 1.807) is 12.1 Å². The van der Waals surface area contributed by atoms with Gasteiger partial charge < -0.3 is 5.32 Å². The summed E-state index contributed by atoms with van der Waals surface area (Å²) >= 11 is 11.8. The van der Waals surface area contributed by atoms with Crippen LogP contribution in [0.2, 0.25) is 10.0 Å². The zero-order valence-corrected chi connectivity index (χ0v) is 8.62. The molecule has 1 rings (SSSR count). The van der Waals surface area contributed by atoms with Crippen molar-refractivity contribution >= 4 is 35.2 Å². The SMILES string of the molecule is CCNc1c(Cl)cc(C=O)cc1Cl. The first-order chi connectivity index (χ1) is 6.19. The van der Waals surface area contributed by atoms with Gasteiger partial charge >= 0.3 is 0 Å². The van der Waals surface area contributed by atoms with Crippen LogP contribution in [0.3, 0.4) is 0 Å². The van der Waals surface area contributed by atoms with Crippen LogP contribution < -0.4 is 5.32 Å². The van der Waals surface area contributed by atoms with Gasteiger partial charge in [0.05, 0.1) is 15.7 Å². The van der Waals surface area contributed by atoms with Crippen LogP contribution in [0, 0.1) is 0 Å². The van der Waals surface area contributed by atoms with Gasteiger partial charge in [-0.3, -0.25) is 4.79 Å². The molecule has 0 heterocycles. The lowest BCUT2D eigenvalue weighted by Crippen LogP contribution is -1.98. The number of nitrogens with one attached hydrogen (secondary N) is 1. The van der Waals surface area contributed by atoms with Gasteiger partial charge in [-0.25, -0.2) is 0 Å². The molecule has 0 fully saturated rings. The quantitative estimate of drug-likeness (QED) is 0.789. The molecule has 0 saturated heterocycles. The van der Waals surface area contributed by atoms with Crippen molar-refractivity contribution in [2.24, 2.45) is 0 Å². The van der Waals surface area contributed by atoms with Gasteiger partial charge in [-0.1, -0.05) is 23.2 Å². The smallest absolute Gasteiger partial charge is 0.150 e. The third-order valence-corrected chi connectivity index (χ3v) is 2.15. The van der Waals surface area contributed by atoms with E-state index in [-0.39, 0.29) is 0 Å². The van der Waals surface area contributed by atoms with Crippen molar-refractivity contribution in [3.63, 3.8) is 0 Å². The molecule has 2 nitrogen and oxygen atoms in total. The van der Waals surface area contributed by atoms with E-state index in [0.717, 1.165) is 6.54 Å². The van der Waals surface area contributed by atoms with Crippen LogP contribution in [0.1, 0.15) is 17.3 Å². The van der Waals surface area contributed by atoms with Crippen LogP contribution in [-0.2, 0) is 0 Å². The first-order valence-electron chi connectivity index (χ1n) is 3.87. The maximum atomic E-state index is 10.4. The zero-order chi connectivity index (χ0) is 9.84. The molecular formula is C9H9Cl2NO. The average molecular weight is 218 g/mol. The zero-order valence-electron chi connectivity index (χ0n) is 7.10. The Morgan fingerprint density at radius 3 is 2.31 bits per heavy atom. The lowest BCUT2D eigenvalue weighted by atomic mass is 10.2. The van der Waals surface area contributed by atoms with Crippen LogP contribution in [0.5, 0.6) is 0 Å². The van der Waals surface area contributed by atoms with Crippen molar-refractivity contribution < 1.29 is 4.79 Å². The number of benzene rings is 1. The molecule has 0 amide bonds. The minimum atomic E-state index is 0.469. The molecule has 0 aliphatic rings. The third kappa shape index (κ3) is 2.36. The second kappa shape index (κ2) is 4.49. The molecule has 70 valence electrons. The second-order valence-electron chi connectivity index (χ2n) is 2.51. The normalized spacial score (nSPS) is 9.77. The first-order valence-corrected chi connectivity index (χ1v) is 4.62. The third-order valence-electron chi connectivity index (χ3n) is 1.55. The van der Waals surface area contributed by atoms with Crippen molar-refractivity contribution in [2.45, 2.75) is 6.92 Å². The standard InChI is InChI=1S/C9H9Cl2NO/c1-2-12-9-7(10)3-6(5-13)4-8(9)11/h3-5,12H,2H2,1H3. The number of carbonyl (C=O) groups is 1. The molecule has 0 spiro atoms. The fourth-order valence-corrected chi connectivity index (χ4v) is 1.64. The summed E-state index contributed by atoms with van der Waals surface area (Å²) in [5, 5.41) is 3.95. The van der Waals surface area contributed by atoms with Crippen molar-refractivity contribution in [2.75, 3.05) is 11.9 Å². The highest BCUT2D eigenvalue weighted by molar-refractivity contribution is 6.39. The number of aldehydes is 1. The average Bonchev–Trinajstić information content (AvgIpc) is 2.11. The Labute approximate surface area is 86.8 Å². The summed E-state index contributed by atoms with van der Waals surface area (Å²) in [5.74, 6) is 0. The summed E-state index contributed by atoms with van der Waals surface area (Å²) in [4.78, 5) is 10.4. The Morgan fingerprint density at radius 2 is 1.92 bits per heavy atom. The molecule has 13 heavy (non-hydrogen) atoms. The van der Waals surface area contributed by atoms with E-state index >= 15 is 0 Å². The van der Waals surface area contributed by atoms with E-state index in [4.69, 9.17) is 23.2 Å². The highest BCUT2D eigenvalue weighted by atomic mass is 35.5. The highest BCUT2D eigenvalue weighted by Crippen LogP contribution is 2.31. The predicted octanol–water partition coefficient (Wildman–Crippen LogP) is 3.24. The van der Waals surface area contributed by atoms with Crippen LogP contribution in [0.25, 0.3) is 0 Å². The van der Waals surface area contributed by atoms with Gasteiger partial charge in [-0.05, 0) is 19.1 Å². The van der Waals surface area contributed by atoms with Crippen molar-refractivity contribution in [1.82, 2.24) is 0 Å². The summed E-state index contributed by atoms with van der Waals surface area (Å²) < 4.78 is 0. The van der Waals surface area contributed by atoms with E-state index in [0.29, 0.717) is 27.6 Å². The van der Waals surface area contributed by atoms with E-state index in [2.05, 4.69) is 5.32 Å². The van der Waals surface area contributed by atoms with Crippen molar-refractivity contribution in [3.05, 3.63) is 27.7 Å². The van der Waals surface area contributed by atoms with Gasteiger partial charge in [0, 0.05) is 12.1 Å². The largest absolute Gasteiger partial charge is 0.383 e. The summed E-state index contributed by atoms with van der Waals surface area (Å²) in [5.41, 5.74) is 1.16. The molecule has 0 bridgehead atoms. The molecule has 1 aromatic rings. The predicted molar refractivity (Wildman–Crippen MR) is 56.0 cm³/mol. The van der Waals surface area contributed by atoms with Gasteiger partial charge in [-0.15, -0.1) is 0 Å². The molecule has 1 aromatic carbocycles. The molecule has 0 unspecified atom stereocenters. The van der Waals surface area contributed by atoms with Gasteiger partial charge in [0.2, 0.25) is 0 Å². The van der Waals surface area contributed by atoms with E-state index < -0.39 is 0 Å². The minimum Gasteiger partial charge on any atom is -0.383 e. The number of hydrogen-bond donors (Lipinski definition) is 1. The van der Waals surface area contributed by atoms with Crippen LogP contribution >= 0.6 is 23.2 Å². The molecule has 4 heteroatoms. The summed E-state index contributed by atoms with van der Waals surface area (Å²) in [6.07, 6.45) is 0.716. The summed E-state index contributed by atoms with van der Waals surface area (Å²) in [6, 6.07) is 3.16. The molecule has 0 saturated carbocycles. The fourth-order valence-electron chi connectivity index (χ4n) is 1.01. The molecule has 1 N–H and O–H groups in total. The Morgan fingerprint density at radius 1 is 1.38 bits per heavy atom. The van der Waals surface area contributed by atoms with Crippen LogP contribution in [-0.4, -0.2) is 12.8 Å². The monoisotopic (exact) mass is 217 g/mol. The van der Waals surface area contributed by atoms with Gasteiger partial charge in [0.25, 0.3) is 0 Å². The summed E-state index contributed by atoms with van der Waals surface area (Å²) in [6.45, 7) is 2.68. The fraction of sp³-hybridized carbons (Fsp3) is 0.222. The van der Waals surface area contributed by atoms with Crippen molar-refractivity contribution in [3.8, 4) is 0 Å².